The van der Waals surface area contributed by atoms with Gasteiger partial charge in [0.1, 0.15) is 5.82 Å². The molecule has 1 heterocycles. The van der Waals surface area contributed by atoms with Gasteiger partial charge in [0.25, 0.3) is 0 Å². The van der Waals surface area contributed by atoms with Gasteiger partial charge < -0.3 is 10.0 Å². The van der Waals surface area contributed by atoms with E-state index in [-0.39, 0.29) is 11.3 Å². The summed E-state index contributed by atoms with van der Waals surface area (Å²) in [6, 6.07) is 4.84. The van der Waals surface area contributed by atoms with Crippen molar-refractivity contribution in [3.8, 4) is 0 Å². The van der Waals surface area contributed by atoms with Gasteiger partial charge in [0.2, 0.25) is 10.0 Å². The van der Waals surface area contributed by atoms with E-state index < -0.39 is 21.8 Å². The van der Waals surface area contributed by atoms with Crippen LogP contribution in [0.2, 0.25) is 0 Å². The fourth-order valence-electron chi connectivity index (χ4n) is 2.62. The van der Waals surface area contributed by atoms with Crippen molar-refractivity contribution in [1.29, 1.82) is 0 Å². The molecule has 23 heavy (non-hydrogen) atoms. The molecule has 1 aliphatic rings. The molecule has 2 rings (SSSR count). The second kappa shape index (κ2) is 7.85. The molecule has 0 spiro atoms. The highest BCUT2D eigenvalue weighted by atomic mass is 32.2. The van der Waals surface area contributed by atoms with Crippen LogP contribution in [-0.4, -0.2) is 61.4 Å². The van der Waals surface area contributed by atoms with E-state index in [0.717, 1.165) is 18.7 Å². The molecular weight excluding hydrogens is 323 g/mol. The number of aliphatic carboxylic acids is 1. The molecule has 0 saturated carbocycles. The lowest BCUT2D eigenvalue weighted by Gasteiger charge is -2.21. The summed E-state index contributed by atoms with van der Waals surface area (Å²) in [6.07, 6.45) is 1.36. The smallest absolute Gasteiger partial charge is 0.303 e. The predicted molar refractivity (Wildman–Crippen MR) is 83.1 cm³/mol. The molecule has 6 nitrogen and oxygen atoms in total. The predicted octanol–water partition coefficient (Wildman–Crippen LogP) is 1.39. The van der Waals surface area contributed by atoms with Gasteiger partial charge in [-0.15, -0.1) is 0 Å². The maximum atomic E-state index is 13.0. The summed E-state index contributed by atoms with van der Waals surface area (Å²) in [5.74, 6) is -1.29. The normalized spacial score (nSPS) is 17.8. The van der Waals surface area contributed by atoms with E-state index >= 15 is 0 Å². The highest BCUT2D eigenvalue weighted by Crippen LogP contribution is 2.18. The Morgan fingerprint density at radius 1 is 1.13 bits per heavy atom. The first kappa shape index (κ1) is 17.8. The van der Waals surface area contributed by atoms with Crippen molar-refractivity contribution < 1.29 is 22.7 Å². The van der Waals surface area contributed by atoms with Crippen molar-refractivity contribution in [2.24, 2.45) is 0 Å². The summed E-state index contributed by atoms with van der Waals surface area (Å²) in [4.78, 5) is 12.7. The molecule has 1 aromatic rings. The van der Waals surface area contributed by atoms with Gasteiger partial charge in [0, 0.05) is 26.1 Å². The lowest BCUT2D eigenvalue weighted by Crippen LogP contribution is -2.35. The number of carboxylic acids is 1. The fourth-order valence-corrected chi connectivity index (χ4v) is 4.09. The minimum absolute atomic E-state index is 0.0956. The van der Waals surface area contributed by atoms with Crippen LogP contribution in [0.4, 0.5) is 4.39 Å². The number of hydrogen-bond donors (Lipinski definition) is 1. The SMILES string of the molecule is O=C(O)CCCN1CCCN(S(=O)(=O)c2ccc(F)cc2)CC1. The van der Waals surface area contributed by atoms with Crippen LogP contribution < -0.4 is 0 Å². The molecule has 0 unspecified atom stereocenters. The molecule has 1 N–H and O–H groups in total. The van der Waals surface area contributed by atoms with Gasteiger partial charge in [-0.05, 0) is 50.2 Å². The molecule has 0 bridgehead atoms. The Kier molecular flexibility index (Phi) is 6.09. The molecular formula is C15H21FN2O4S. The summed E-state index contributed by atoms with van der Waals surface area (Å²) in [5, 5.41) is 8.66. The maximum Gasteiger partial charge on any atom is 0.303 e. The Balaban J connectivity index is 1.96. The van der Waals surface area contributed by atoms with Gasteiger partial charge in [0.05, 0.1) is 4.90 Å². The molecule has 1 fully saturated rings. The number of carboxylic acid groups (broad SMARTS) is 1. The molecule has 0 amide bonds. The van der Waals surface area contributed by atoms with E-state index in [4.69, 9.17) is 5.11 Å². The van der Waals surface area contributed by atoms with Crippen LogP contribution in [-0.2, 0) is 14.8 Å². The van der Waals surface area contributed by atoms with Crippen LogP contribution >= 0.6 is 0 Å². The van der Waals surface area contributed by atoms with Gasteiger partial charge in [-0.2, -0.15) is 4.31 Å². The van der Waals surface area contributed by atoms with Gasteiger partial charge in [-0.1, -0.05) is 0 Å². The standard InChI is InChI=1S/C15H21FN2O4S/c16-13-4-6-14(7-5-13)23(21,22)18-10-2-9-17(11-12-18)8-1-3-15(19)20/h4-7H,1-3,8-12H2,(H,19,20). The number of nitrogens with zero attached hydrogens (tertiary/aromatic N) is 2. The highest BCUT2D eigenvalue weighted by molar-refractivity contribution is 7.89. The van der Waals surface area contributed by atoms with E-state index in [2.05, 4.69) is 4.90 Å². The van der Waals surface area contributed by atoms with E-state index in [1.807, 2.05) is 0 Å². The fraction of sp³-hybridized carbons (Fsp3) is 0.533. The van der Waals surface area contributed by atoms with Crippen LogP contribution in [0.3, 0.4) is 0 Å². The summed E-state index contributed by atoms with van der Waals surface area (Å²) in [5.41, 5.74) is 0. The van der Waals surface area contributed by atoms with Gasteiger partial charge >= 0.3 is 5.97 Å². The molecule has 1 aromatic carbocycles. The second-order valence-corrected chi connectivity index (χ2v) is 7.49. The zero-order chi connectivity index (χ0) is 16.9. The van der Waals surface area contributed by atoms with Crippen molar-refractivity contribution in [3.05, 3.63) is 30.1 Å². The quantitative estimate of drug-likeness (QED) is 0.844. The monoisotopic (exact) mass is 344 g/mol. The third-order valence-corrected chi connectivity index (χ3v) is 5.78. The van der Waals surface area contributed by atoms with Crippen molar-refractivity contribution in [3.63, 3.8) is 0 Å². The molecule has 0 atom stereocenters. The number of sulfonamides is 1. The summed E-state index contributed by atoms with van der Waals surface area (Å²) >= 11 is 0. The topological polar surface area (TPSA) is 77.9 Å². The van der Waals surface area contributed by atoms with E-state index in [0.29, 0.717) is 39.0 Å². The van der Waals surface area contributed by atoms with Gasteiger partial charge in [-0.25, -0.2) is 12.8 Å². The lowest BCUT2D eigenvalue weighted by molar-refractivity contribution is -0.137. The molecule has 0 radical (unpaired) electrons. The molecule has 0 aromatic heterocycles. The molecule has 1 aliphatic heterocycles. The Hall–Kier alpha value is -1.51. The number of rotatable bonds is 6. The zero-order valence-corrected chi connectivity index (χ0v) is 13.6. The first-order chi connectivity index (χ1) is 10.9. The molecule has 8 heteroatoms. The minimum Gasteiger partial charge on any atom is -0.481 e. The lowest BCUT2D eigenvalue weighted by atomic mass is 10.3. The second-order valence-electron chi connectivity index (χ2n) is 5.55. The number of hydrogen-bond acceptors (Lipinski definition) is 4. The zero-order valence-electron chi connectivity index (χ0n) is 12.8. The largest absolute Gasteiger partial charge is 0.481 e. The highest BCUT2D eigenvalue weighted by Gasteiger charge is 2.26. The Labute approximate surface area is 135 Å². The Morgan fingerprint density at radius 3 is 2.48 bits per heavy atom. The summed E-state index contributed by atoms with van der Waals surface area (Å²) in [7, 11) is -3.61. The average molecular weight is 344 g/mol. The third kappa shape index (κ3) is 4.98. The third-order valence-electron chi connectivity index (χ3n) is 3.86. The maximum absolute atomic E-state index is 13.0. The average Bonchev–Trinajstić information content (AvgIpc) is 2.73. The van der Waals surface area contributed by atoms with Crippen molar-refractivity contribution in [2.45, 2.75) is 24.2 Å². The van der Waals surface area contributed by atoms with Crippen LogP contribution in [0, 0.1) is 5.82 Å². The van der Waals surface area contributed by atoms with Crippen LogP contribution in [0.15, 0.2) is 29.2 Å². The summed E-state index contributed by atoms with van der Waals surface area (Å²) < 4.78 is 39.5. The van der Waals surface area contributed by atoms with Crippen molar-refractivity contribution in [1.82, 2.24) is 9.21 Å². The number of halogens is 1. The van der Waals surface area contributed by atoms with Gasteiger partial charge in [-0.3, -0.25) is 4.79 Å². The van der Waals surface area contributed by atoms with Crippen molar-refractivity contribution >= 4 is 16.0 Å². The molecule has 0 aliphatic carbocycles. The van der Waals surface area contributed by atoms with Crippen LogP contribution in [0.5, 0.6) is 0 Å². The van der Waals surface area contributed by atoms with Crippen LogP contribution in [0.1, 0.15) is 19.3 Å². The number of carbonyl (C=O) groups is 1. The first-order valence-electron chi connectivity index (χ1n) is 7.59. The van der Waals surface area contributed by atoms with Crippen molar-refractivity contribution in [2.75, 3.05) is 32.7 Å². The summed E-state index contributed by atoms with van der Waals surface area (Å²) in [6.45, 7) is 2.73. The van der Waals surface area contributed by atoms with E-state index in [9.17, 15) is 17.6 Å². The van der Waals surface area contributed by atoms with E-state index in [1.54, 1.807) is 0 Å². The van der Waals surface area contributed by atoms with Crippen LogP contribution in [0.25, 0.3) is 0 Å². The van der Waals surface area contributed by atoms with Gasteiger partial charge in [0.15, 0.2) is 0 Å². The Bertz CT molecular complexity index is 633. The Morgan fingerprint density at radius 2 is 1.83 bits per heavy atom. The number of benzene rings is 1. The molecule has 1 saturated heterocycles. The molecule has 128 valence electrons. The minimum atomic E-state index is -3.61. The first-order valence-corrected chi connectivity index (χ1v) is 9.03. The van der Waals surface area contributed by atoms with E-state index in [1.165, 1.54) is 16.4 Å².